The number of carbonyl (C=O) groups excluding carboxylic acids is 1. The number of nitrogens with zero attached hydrogens (tertiary/aromatic N) is 1. The van der Waals surface area contributed by atoms with Crippen LogP contribution in [0.25, 0.3) is 0 Å². The molecule has 1 aromatic rings. The maximum absolute atomic E-state index is 11.8. The first-order valence-electron chi connectivity index (χ1n) is 6.88. The summed E-state index contributed by atoms with van der Waals surface area (Å²) in [4.78, 5) is 11.8. The molecule has 2 N–H and O–H groups in total. The molecule has 0 bridgehead atoms. The quantitative estimate of drug-likeness (QED) is 0.830. The Balaban J connectivity index is 1.74. The maximum Gasteiger partial charge on any atom is 0.224 e. The molecule has 1 aliphatic rings. The van der Waals surface area contributed by atoms with Crippen molar-refractivity contribution in [3.8, 4) is 11.8 Å². The molecule has 0 radical (unpaired) electrons. The minimum atomic E-state index is 0.0289. The third-order valence-electron chi connectivity index (χ3n) is 3.38. The van der Waals surface area contributed by atoms with Gasteiger partial charge in [0.05, 0.1) is 0 Å². The molecule has 1 amide bonds. The van der Waals surface area contributed by atoms with Gasteiger partial charge in [-0.25, -0.2) is 0 Å². The Labute approximate surface area is 118 Å². The van der Waals surface area contributed by atoms with Crippen molar-refractivity contribution < 1.29 is 9.53 Å². The van der Waals surface area contributed by atoms with E-state index in [9.17, 15) is 4.79 Å². The number of carbonyl (C=O) groups is 1. The van der Waals surface area contributed by atoms with E-state index in [2.05, 4.69) is 10.6 Å². The highest BCUT2D eigenvalue weighted by atomic mass is 16.5. The zero-order valence-electron chi connectivity index (χ0n) is 11.4. The van der Waals surface area contributed by atoms with E-state index in [-0.39, 0.29) is 12.5 Å². The number of benzene rings is 1. The van der Waals surface area contributed by atoms with Crippen molar-refractivity contribution in [2.24, 2.45) is 5.92 Å². The molecule has 1 fully saturated rings. The number of rotatable bonds is 6. The summed E-state index contributed by atoms with van der Waals surface area (Å²) in [6, 6.07) is 8.96. The molecule has 0 spiro atoms. The van der Waals surface area contributed by atoms with E-state index in [1.54, 1.807) is 24.3 Å². The van der Waals surface area contributed by atoms with Crippen molar-refractivity contribution in [2.45, 2.75) is 19.3 Å². The summed E-state index contributed by atoms with van der Waals surface area (Å²) in [6.45, 7) is 2.12. The van der Waals surface area contributed by atoms with Crippen LogP contribution in [0.4, 0.5) is 5.69 Å². The minimum absolute atomic E-state index is 0.0289. The first kappa shape index (κ1) is 14.4. The summed E-state index contributed by atoms with van der Waals surface area (Å²) < 4.78 is 5.15. The maximum atomic E-state index is 11.8. The van der Waals surface area contributed by atoms with E-state index >= 15 is 0 Å². The fraction of sp³-hybridized carbons (Fsp3) is 0.467. The molecule has 106 valence electrons. The molecule has 20 heavy (non-hydrogen) atoms. The fourth-order valence-corrected chi connectivity index (χ4v) is 2.27. The van der Waals surface area contributed by atoms with Crippen LogP contribution in [-0.2, 0) is 4.79 Å². The third-order valence-corrected chi connectivity index (χ3v) is 3.38. The summed E-state index contributed by atoms with van der Waals surface area (Å²) in [5, 5.41) is 14.6. The van der Waals surface area contributed by atoms with Gasteiger partial charge in [0.1, 0.15) is 11.8 Å². The van der Waals surface area contributed by atoms with E-state index in [0.717, 1.165) is 31.6 Å². The summed E-state index contributed by atoms with van der Waals surface area (Å²) in [5.41, 5.74) is 0.754. The minimum Gasteiger partial charge on any atom is -0.479 e. The number of nitriles is 1. The predicted molar refractivity (Wildman–Crippen MR) is 76.4 cm³/mol. The lowest BCUT2D eigenvalue weighted by atomic mass is 10.0. The van der Waals surface area contributed by atoms with E-state index in [1.807, 2.05) is 6.07 Å². The molecule has 0 aliphatic carbocycles. The average molecular weight is 273 g/mol. The second-order valence-corrected chi connectivity index (χ2v) is 4.92. The fourth-order valence-electron chi connectivity index (χ4n) is 2.27. The third kappa shape index (κ3) is 4.56. The Kier molecular flexibility index (Phi) is 5.39. The highest BCUT2D eigenvalue weighted by Gasteiger charge is 2.15. The summed E-state index contributed by atoms with van der Waals surface area (Å²) in [7, 11) is 0. The smallest absolute Gasteiger partial charge is 0.224 e. The highest BCUT2D eigenvalue weighted by molar-refractivity contribution is 5.90. The van der Waals surface area contributed by atoms with Gasteiger partial charge >= 0.3 is 0 Å². The first-order chi connectivity index (χ1) is 9.78. The van der Waals surface area contributed by atoms with E-state index in [1.165, 1.54) is 0 Å². The normalized spacial score (nSPS) is 17.4. The van der Waals surface area contributed by atoms with Crippen molar-refractivity contribution in [2.75, 3.05) is 25.0 Å². The van der Waals surface area contributed by atoms with Gasteiger partial charge in [-0.3, -0.25) is 4.79 Å². The van der Waals surface area contributed by atoms with Gasteiger partial charge in [0.2, 0.25) is 5.91 Å². The lowest BCUT2D eigenvalue weighted by molar-refractivity contribution is -0.116. The molecular formula is C15H19N3O2. The molecule has 1 saturated heterocycles. The molecule has 1 unspecified atom stereocenters. The van der Waals surface area contributed by atoms with E-state index < -0.39 is 0 Å². The molecule has 0 aromatic heterocycles. The van der Waals surface area contributed by atoms with E-state index in [4.69, 9.17) is 10.00 Å². The van der Waals surface area contributed by atoms with Crippen LogP contribution in [0.2, 0.25) is 0 Å². The van der Waals surface area contributed by atoms with Gasteiger partial charge in [-0.15, -0.1) is 0 Å². The Morgan fingerprint density at radius 1 is 1.45 bits per heavy atom. The van der Waals surface area contributed by atoms with Crippen molar-refractivity contribution in [3.63, 3.8) is 0 Å². The first-order valence-corrected chi connectivity index (χ1v) is 6.88. The highest BCUT2D eigenvalue weighted by Crippen LogP contribution is 2.17. The molecule has 5 heteroatoms. The van der Waals surface area contributed by atoms with Crippen LogP contribution < -0.4 is 15.4 Å². The van der Waals surface area contributed by atoms with Crippen molar-refractivity contribution in [3.05, 3.63) is 24.3 Å². The summed E-state index contributed by atoms with van der Waals surface area (Å²) >= 11 is 0. The summed E-state index contributed by atoms with van der Waals surface area (Å²) in [6.07, 6.45) is 2.65. The molecule has 0 saturated carbocycles. The Bertz CT molecular complexity index is 473. The second-order valence-electron chi connectivity index (χ2n) is 4.92. The van der Waals surface area contributed by atoms with Crippen molar-refractivity contribution >= 4 is 11.6 Å². The Morgan fingerprint density at radius 2 is 2.25 bits per heavy atom. The number of anilines is 1. The van der Waals surface area contributed by atoms with Gasteiger partial charge in [-0.2, -0.15) is 5.26 Å². The van der Waals surface area contributed by atoms with Gasteiger partial charge in [0, 0.05) is 12.1 Å². The number of hydrogen-bond donors (Lipinski definition) is 2. The Morgan fingerprint density at radius 3 is 2.90 bits per heavy atom. The predicted octanol–water partition coefficient (Wildman–Crippen LogP) is 1.92. The van der Waals surface area contributed by atoms with Crippen LogP contribution in [0, 0.1) is 17.2 Å². The standard InChI is InChI=1S/C15H19N3O2/c16-8-10-20-14-4-2-13(3-5-14)18-15(19)6-1-12-7-9-17-11-12/h2-5,12,17H,1,6-7,9-11H2,(H,18,19). The Hall–Kier alpha value is -2.06. The largest absolute Gasteiger partial charge is 0.479 e. The molecule has 1 aromatic carbocycles. The van der Waals surface area contributed by atoms with Crippen LogP contribution in [-0.4, -0.2) is 25.6 Å². The second kappa shape index (κ2) is 7.51. The van der Waals surface area contributed by atoms with Gasteiger partial charge in [-0.1, -0.05) is 0 Å². The number of amides is 1. The van der Waals surface area contributed by atoms with Crippen LogP contribution in [0.15, 0.2) is 24.3 Å². The van der Waals surface area contributed by atoms with Crippen LogP contribution in [0.1, 0.15) is 19.3 Å². The van der Waals surface area contributed by atoms with Gasteiger partial charge < -0.3 is 15.4 Å². The van der Waals surface area contributed by atoms with Gasteiger partial charge in [0.25, 0.3) is 0 Å². The topological polar surface area (TPSA) is 74.1 Å². The monoisotopic (exact) mass is 273 g/mol. The van der Waals surface area contributed by atoms with E-state index in [0.29, 0.717) is 18.1 Å². The molecular weight excluding hydrogens is 254 g/mol. The molecule has 1 heterocycles. The van der Waals surface area contributed by atoms with Gasteiger partial charge in [-0.05, 0) is 56.1 Å². The van der Waals surface area contributed by atoms with Gasteiger partial charge in [0.15, 0.2) is 6.61 Å². The lowest BCUT2D eigenvalue weighted by Crippen LogP contribution is -2.14. The average Bonchev–Trinajstić information content (AvgIpc) is 2.98. The molecule has 5 nitrogen and oxygen atoms in total. The SMILES string of the molecule is N#CCOc1ccc(NC(=O)CCC2CCNC2)cc1. The molecule has 2 rings (SSSR count). The van der Waals surface area contributed by atoms with Crippen molar-refractivity contribution in [1.82, 2.24) is 5.32 Å². The zero-order chi connectivity index (χ0) is 14.2. The summed E-state index contributed by atoms with van der Waals surface area (Å²) in [5.74, 6) is 1.30. The van der Waals surface area contributed by atoms with Crippen LogP contribution in [0.3, 0.4) is 0 Å². The number of hydrogen-bond acceptors (Lipinski definition) is 4. The molecule has 1 atom stereocenters. The number of ether oxygens (including phenoxy) is 1. The lowest BCUT2D eigenvalue weighted by Gasteiger charge is -2.09. The van der Waals surface area contributed by atoms with Crippen LogP contribution in [0.5, 0.6) is 5.75 Å². The van der Waals surface area contributed by atoms with Crippen molar-refractivity contribution in [1.29, 1.82) is 5.26 Å². The van der Waals surface area contributed by atoms with Crippen LogP contribution >= 0.6 is 0 Å². The molecule has 1 aliphatic heterocycles. The number of nitrogens with one attached hydrogen (secondary N) is 2. The zero-order valence-corrected chi connectivity index (χ0v) is 11.4.